The van der Waals surface area contributed by atoms with Gasteiger partial charge in [-0.25, -0.2) is 0 Å². The fourth-order valence-electron chi connectivity index (χ4n) is 7.40. The van der Waals surface area contributed by atoms with Gasteiger partial charge in [-0.1, -0.05) is 94.2 Å². The Kier molecular flexibility index (Phi) is 9.29. The molecule has 0 aromatic heterocycles. The number of aryl methyl sites for hydroxylation is 1. The monoisotopic (exact) mass is 615 g/mol. The number of hydrogen-bond acceptors (Lipinski definition) is 3. The van der Waals surface area contributed by atoms with Gasteiger partial charge in [0.25, 0.3) is 0 Å². The van der Waals surface area contributed by atoms with Crippen molar-refractivity contribution in [3.05, 3.63) is 100 Å². The smallest absolute Gasteiger partial charge is 0.247 e. The molecule has 0 aliphatic heterocycles. The summed E-state index contributed by atoms with van der Waals surface area (Å²) in [6.45, 7) is 8.93. The molecule has 2 aliphatic rings. The number of thiocarbonyl (C=S) groups is 1. The number of nitrogens with one attached hydrogen (secondary N) is 3. The highest BCUT2D eigenvalue weighted by atomic mass is 35.5. The van der Waals surface area contributed by atoms with Gasteiger partial charge in [0.15, 0.2) is 5.11 Å². The van der Waals surface area contributed by atoms with Gasteiger partial charge in [-0.05, 0) is 102 Å². The number of amides is 2. The normalized spacial score (nSPS) is 23.4. The van der Waals surface area contributed by atoms with Crippen LogP contribution in [-0.4, -0.2) is 23.0 Å². The van der Waals surface area contributed by atoms with E-state index in [0.717, 1.165) is 37.7 Å². The first-order chi connectivity index (χ1) is 20.5. The maximum absolute atomic E-state index is 14.1. The molecule has 4 atom stereocenters. The van der Waals surface area contributed by atoms with E-state index in [1.165, 1.54) is 16.7 Å². The molecule has 5 nitrogen and oxygen atoms in total. The van der Waals surface area contributed by atoms with Crippen molar-refractivity contribution in [3.63, 3.8) is 0 Å². The van der Waals surface area contributed by atoms with Crippen molar-refractivity contribution in [2.45, 2.75) is 83.6 Å². The molecule has 0 radical (unpaired) electrons. The lowest BCUT2D eigenvalue weighted by molar-refractivity contribution is -0.137. The van der Waals surface area contributed by atoms with Crippen LogP contribution in [0.25, 0.3) is 0 Å². The van der Waals surface area contributed by atoms with E-state index in [2.05, 4.69) is 61.8 Å². The highest BCUT2D eigenvalue weighted by Crippen LogP contribution is 2.57. The lowest BCUT2D eigenvalue weighted by Gasteiger charge is -2.54. The summed E-state index contributed by atoms with van der Waals surface area (Å²) in [5.41, 5.74) is 5.17. The van der Waals surface area contributed by atoms with Crippen LogP contribution in [-0.2, 0) is 27.8 Å². The standard InChI is InChI=1S/C36H42ClN3O2S/c1-23(2)25-11-17-29-26(22-25)12-18-31-35(29,3)19-8-20-36(31,4)33(42)40-34(43)39-30(21-24-9-6-5-7-10-24)32(41)38-28-15-13-27(37)14-16-28/h5-7,9-11,13-17,22-23,30-31H,8,12,18-21H2,1-4H3,(H,38,41)(H2,39,40,42,43)/t30-,31+,35+,36+/m0/s1. The first-order valence-corrected chi connectivity index (χ1v) is 16.1. The molecule has 3 aromatic rings. The molecule has 1 saturated carbocycles. The van der Waals surface area contributed by atoms with Crippen molar-refractivity contribution >= 4 is 46.4 Å². The van der Waals surface area contributed by atoms with Crippen molar-refractivity contribution in [1.82, 2.24) is 10.6 Å². The molecule has 3 N–H and O–H groups in total. The molecule has 0 saturated heterocycles. The second-order valence-electron chi connectivity index (χ2n) is 13.0. The number of carbonyl (C=O) groups is 2. The quantitative estimate of drug-likeness (QED) is 0.238. The Morgan fingerprint density at radius 3 is 2.42 bits per heavy atom. The topological polar surface area (TPSA) is 70.2 Å². The maximum atomic E-state index is 14.1. The minimum absolute atomic E-state index is 0.0697. The molecule has 2 aliphatic carbocycles. The minimum atomic E-state index is -0.688. The van der Waals surface area contributed by atoms with E-state index in [1.54, 1.807) is 24.3 Å². The zero-order chi connectivity index (χ0) is 30.8. The molecule has 7 heteroatoms. The van der Waals surface area contributed by atoms with Gasteiger partial charge >= 0.3 is 0 Å². The van der Waals surface area contributed by atoms with Crippen molar-refractivity contribution in [3.8, 4) is 0 Å². The molecular weight excluding hydrogens is 574 g/mol. The Labute approximate surface area is 266 Å². The molecule has 226 valence electrons. The largest absolute Gasteiger partial charge is 0.350 e. The number of fused-ring (bicyclic) bond motifs is 3. The van der Waals surface area contributed by atoms with Gasteiger partial charge in [-0.3, -0.25) is 9.59 Å². The number of hydrogen-bond donors (Lipinski definition) is 3. The van der Waals surface area contributed by atoms with Gasteiger partial charge in [0.05, 0.1) is 5.41 Å². The molecule has 0 unspecified atom stereocenters. The van der Waals surface area contributed by atoms with E-state index in [9.17, 15) is 9.59 Å². The second kappa shape index (κ2) is 12.8. The summed E-state index contributed by atoms with van der Waals surface area (Å²) in [7, 11) is 0. The van der Waals surface area contributed by atoms with Crippen LogP contribution in [0.15, 0.2) is 72.8 Å². The van der Waals surface area contributed by atoms with Crippen LogP contribution in [0.4, 0.5) is 5.69 Å². The molecule has 5 rings (SSSR count). The fraction of sp³-hybridized carbons (Fsp3) is 0.417. The number of benzene rings is 3. The summed E-state index contributed by atoms with van der Waals surface area (Å²) in [6.07, 6.45) is 5.21. The van der Waals surface area contributed by atoms with Crippen LogP contribution in [0.3, 0.4) is 0 Å². The zero-order valence-corrected chi connectivity index (χ0v) is 27.1. The van der Waals surface area contributed by atoms with Gasteiger partial charge in [0.2, 0.25) is 11.8 Å². The third-order valence-electron chi connectivity index (χ3n) is 9.81. The van der Waals surface area contributed by atoms with E-state index >= 15 is 0 Å². The van der Waals surface area contributed by atoms with Crippen molar-refractivity contribution in [2.24, 2.45) is 11.3 Å². The Bertz CT molecular complexity index is 1490. The molecule has 0 spiro atoms. The molecule has 1 fully saturated rings. The highest BCUT2D eigenvalue weighted by molar-refractivity contribution is 7.80. The third kappa shape index (κ3) is 6.66. The average molecular weight is 616 g/mol. The van der Waals surface area contributed by atoms with Crippen LogP contribution < -0.4 is 16.0 Å². The number of carbonyl (C=O) groups excluding carboxylic acids is 2. The zero-order valence-electron chi connectivity index (χ0n) is 25.5. The molecule has 3 aromatic carbocycles. The number of anilines is 1. The Morgan fingerprint density at radius 1 is 1.00 bits per heavy atom. The summed E-state index contributed by atoms with van der Waals surface area (Å²) in [5.74, 6) is 0.372. The van der Waals surface area contributed by atoms with Gasteiger partial charge in [-0.15, -0.1) is 0 Å². The average Bonchev–Trinajstić information content (AvgIpc) is 2.98. The van der Waals surface area contributed by atoms with Gasteiger partial charge in [0, 0.05) is 17.1 Å². The highest BCUT2D eigenvalue weighted by Gasteiger charge is 2.55. The first-order valence-electron chi connectivity index (χ1n) is 15.4. The minimum Gasteiger partial charge on any atom is -0.350 e. The van der Waals surface area contributed by atoms with E-state index in [0.29, 0.717) is 23.0 Å². The Morgan fingerprint density at radius 2 is 1.72 bits per heavy atom. The second-order valence-corrected chi connectivity index (χ2v) is 13.9. The van der Waals surface area contributed by atoms with E-state index in [1.807, 2.05) is 30.3 Å². The summed E-state index contributed by atoms with van der Waals surface area (Å²) >= 11 is 11.7. The number of halogens is 1. The third-order valence-corrected chi connectivity index (χ3v) is 10.3. The van der Waals surface area contributed by atoms with E-state index in [4.69, 9.17) is 23.8 Å². The summed E-state index contributed by atoms with van der Waals surface area (Å²) in [6, 6.07) is 23.0. The Hall–Kier alpha value is -3.22. The molecule has 2 amide bonds. The predicted molar refractivity (Wildman–Crippen MR) is 180 cm³/mol. The predicted octanol–water partition coefficient (Wildman–Crippen LogP) is 7.71. The van der Waals surface area contributed by atoms with Crippen molar-refractivity contribution in [1.29, 1.82) is 0 Å². The summed E-state index contributed by atoms with van der Waals surface area (Å²) < 4.78 is 0. The molecular formula is C36H42ClN3O2S. The van der Waals surface area contributed by atoms with Crippen LogP contribution in [0.2, 0.25) is 5.02 Å². The van der Waals surface area contributed by atoms with E-state index < -0.39 is 11.5 Å². The summed E-state index contributed by atoms with van der Waals surface area (Å²) in [4.78, 5) is 27.5. The molecule has 43 heavy (non-hydrogen) atoms. The molecule has 0 bridgehead atoms. The molecule has 0 heterocycles. The lowest BCUT2D eigenvalue weighted by Crippen LogP contribution is -2.58. The summed E-state index contributed by atoms with van der Waals surface area (Å²) in [5, 5.41) is 9.89. The number of rotatable bonds is 7. The van der Waals surface area contributed by atoms with Crippen molar-refractivity contribution in [2.75, 3.05) is 5.32 Å². The SMILES string of the molecule is CC(C)c1ccc2c(c1)CC[C@H]1[C@](C)(C(=O)NC(=S)N[C@@H](Cc3ccccc3)C(=O)Nc3ccc(Cl)cc3)CCC[C@]21C. The van der Waals surface area contributed by atoms with E-state index in [-0.39, 0.29) is 28.3 Å². The van der Waals surface area contributed by atoms with Crippen LogP contribution >= 0.6 is 23.8 Å². The maximum Gasteiger partial charge on any atom is 0.247 e. The lowest BCUT2D eigenvalue weighted by atomic mass is 9.49. The Balaban J connectivity index is 1.32. The van der Waals surface area contributed by atoms with Crippen molar-refractivity contribution < 1.29 is 9.59 Å². The van der Waals surface area contributed by atoms with Crippen LogP contribution in [0, 0.1) is 11.3 Å². The van der Waals surface area contributed by atoms with Gasteiger partial charge < -0.3 is 16.0 Å². The van der Waals surface area contributed by atoms with Gasteiger partial charge in [0.1, 0.15) is 6.04 Å². The first kappa shape index (κ1) is 31.2. The fourth-order valence-corrected chi connectivity index (χ4v) is 7.77. The van der Waals surface area contributed by atoms with Gasteiger partial charge in [-0.2, -0.15) is 0 Å². The van der Waals surface area contributed by atoms with Crippen LogP contribution in [0.5, 0.6) is 0 Å². The van der Waals surface area contributed by atoms with Crippen LogP contribution in [0.1, 0.15) is 81.5 Å².